The summed E-state index contributed by atoms with van der Waals surface area (Å²) in [6, 6.07) is 4.24. The Bertz CT molecular complexity index is 484. The Hall–Kier alpha value is -1.46. The maximum atomic E-state index is 13.7. The highest BCUT2D eigenvalue weighted by molar-refractivity contribution is 5.92. The fourth-order valence-corrected chi connectivity index (χ4v) is 2.74. The summed E-state index contributed by atoms with van der Waals surface area (Å²) in [6.07, 6.45) is 3.60. The number of carbonyl (C=O) groups is 1. The van der Waals surface area contributed by atoms with Crippen molar-refractivity contribution in [3.8, 4) is 0 Å². The van der Waals surface area contributed by atoms with Crippen LogP contribution in [0.5, 0.6) is 0 Å². The number of rotatable bonds is 6. The highest BCUT2D eigenvalue weighted by Gasteiger charge is 2.16. The predicted octanol–water partition coefficient (Wildman–Crippen LogP) is 1.75. The molecule has 4 nitrogen and oxygen atoms in total. The van der Waals surface area contributed by atoms with Gasteiger partial charge in [0.1, 0.15) is 5.82 Å². The summed E-state index contributed by atoms with van der Waals surface area (Å²) in [6.45, 7) is 3.63. The van der Waals surface area contributed by atoms with E-state index in [0.717, 1.165) is 18.9 Å². The van der Waals surface area contributed by atoms with E-state index in [9.17, 15) is 9.18 Å². The Morgan fingerprint density at radius 1 is 1.43 bits per heavy atom. The lowest BCUT2D eigenvalue weighted by molar-refractivity contribution is 0.1000. The van der Waals surface area contributed by atoms with Crippen molar-refractivity contribution in [1.29, 1.82) is 0 Å². The van der Waals surface area contributed by atoms with Crippen LogP contribution in [0.3, 0.4) is 0 Å². The molecule has 1 aliphatic rings. The highest BCUT2D eigenvalue weighted by atomic mass is 19.1. The summed E-state index contributed by atoms with van der Waals surface area (Å²) in [5.74, 6) is -0.0649. The van der Waals surface area contributed by atoms with Crippen LogP contribution in [0.15, 0.2) is 18.2 Å². The van der Waals surface area contributed by atoms with E-state index < -0.39 is 5.91 Å². The number of halogens is 1. The third kappa shape index (κ3) is 4.79. The third-order valence-electron chi connectivity index (χ3n) is 4.21. The molecule has 116 valence electrons. The van der Waals surface area contributed by atoms with Crippen LogP contribution < -0.4 is 11.1 Å². The second-order valence-electron chi connectivity index (χ2n) is 5.88. The van der Waals surface area contributed by atoms with Crippen molar-refractivity contribution in [2.75, 3.05) is 26.7 Å². The molecule has 1 aromatic rings. The molecule has 3 N–H and O–H groups in total. The van der Waals surface area contributed by atoms with Crippen LogP contribution in [0.25, 0.3) is 0 Å². The first-order valence-electron chi connectivity index (χ1n) is 7.53. The van der Waals surface area contributed by atoms with E-state index >= 15 is 0 Å². The van der Waals surface area contributed by atoms with Gasteiger partial charge in [0.15, 0.2) is 0 Å². The van der Waals surface area contributed by atoms with Gasteiger partial charge in [-0.2, -0.15) is 0 Å². The average Bonchev–Trinajstić information content (AvgIpc) is 2.47. The van der Waals surface area contributed by atoms with E-state index in [-0.39, 0.29) is 5.82 Å². The number of piperidine rings is 1. The van der Waals surface area contributed by atoms with Gasteiger partial charge in [-0.15, -0.1) is 0 Å². The van der Waals surface area contributed by atoms with Crippen LogP contribution in [-0.2, 0) is 6.54 Å². The number of primary amides is 1. The Balaban J connectivity index is 1.75. The van der Waals surface area contributed by atoms with Gasteiger partial charge in [0.25, 0.3) is 0 Å². The van der Waals surface area contributed by atoms with E-state index in [1.54, 1.807) is 0 Å². The quantitative estimate of drug-likeness (QED) is 0.786. The fraction of sp³-hybridized carbons (Fsp3) is 0.562. The Kier molecular flexibility index (Phi) is 5.70. The number of hydrogen-bond donors (Lipinski definition) is 2. The average molecular weight is 293 g/mol. The largest absolute Gasteiger partial charge is 0.366 e. The molecular weight excluding hydrogens is 269 g/mol. The van der Waals surface area contributed by atoms with E-state index in [1.807, 2.05) is 0 Å². The van der Waals surface area contributed by atoms with Gasteiger partial charge in [0.05, 0.1) is 0 Å². The van der Waals surface area contributed by atoms with Crippen LogP contribution in [0, 0.1) is 11.7 Å². The van der Waals surface area contributed by atoms with Gasteiger partial charge in [0.2, 0.25) is 5.91 Å². The number of benzene rings is 1. The summed E-state index contributed by atoms with van der Waals surface area (Å²) >= 11 is 0. The molecule has 0 bridgehead atoms. The molecule has 0 atom stereocenters. The van der Waals surface area contributed by atoms with E-state index in [1.165, 1.54) is 44.1 Å². The molecule has 1 saturated heterocycles. The van der Waals surface area contributed by atoms with Gasteiger partial charge in [0, 0.05) is 17.7 Å². The molecule has 0 aliphatic carbocycles. The normalized spacial score (nSPS) is 17.0. The van der Waals surface area contributed by atoms with Crippen LogP contribution in [0.4, 0.5) is 4.39 Å². The monoisotopic (exact) mass is 293 g/mol. The maximum absolute atomic E-state index is 13.7. The number of hydrogen-bond acceptors (Lipinski definition) is 3. The second kappa shape index (κ2) is 7.52. The SMILES string of the molecule is CN1CCC(CCNCc2cc(C(N)=O)ccc2F)CC1. The zero-order chi connectivity index (χ0) is 15.2. The lowest BCUT2D eigenvalue weighted by Gasteiger charge is -2.28. The molecule has 1 aliphatic heterocycles. The number of likely N-dealkylation sites (tertiary alicyclic amines) is 1. The van der Waals surface area contributed by atoms with Crippen molar-refractivity contribution >= 4 is 5.91 Å². The molecule has 1 fully saturated rings. The van der Waals surface area contributed by atoms with Crippen LogP contribution >= 0.6 is 0 Å². The van der Waals surface area contributed by atoms with E-state index in [0.29, 0.717) is 17.7 Å². The molecule has 2 rings (SSSR count). The fourth-order valence-electron chi connectivity index (χ4n) is 2.74. The van der Waals surface area contributed by atoms with Crippen molar-refractivity contribution in [1.82, 2.24) is 10.2 Å². The minimum Gasteiger partial charge on any atom is -0.366 e. The van der Waals surface area contributed by atoms with Crippen LogP contribution in [0.1, 0.15) is 35.2 Å². The minimum absolute atomic E-state index is 0.299. The molecule has 0 unspecified atom stereocenters. The van der Waals surface area contributed by atoms with Crippen molar-refractivity contribution in [2.24, 2.45) is 11.7 Å². The molecule has 1 amide bonds. The standard InChI is InChI=1S/C16H24FN3O/c1-20-8-5-12(6-9-20)4-7-19-11-14-10-13(16(18)21)2-3-15(14)17/h2-3,10,12,19H,4-9,11H2,1H3,(H2,18,21). The summed E-state index contributed by atoms with van der Waals surface area (Å²) in [5.41, 5.74) is 6.06. The van der Waals surface area contributed by atoms with E-state index in [4.69, 9.17) is 5.73 Å². The van der Waals surface area contributed by atoms with E-state index in [2.05, 4.69) is 17.3 Å². The molecule has 0 saturated carbocycles. The summed E-state index contributed by atoms with van der Waals surface area (Å²) in [5, 5.41) is 3.26. The van der Waals surface area contributed by atoms with Gasteiger partial charge in [-0.3, -0.25) is 4.79 Å². The first-order chi connectivity index (χ1) is 10.1. The molecule has 5 heteroatoms. The predicted molar refractivity (Wildman–Crippen MR) is 81.5 cm³/mol. The number of nitrogens with two attached hydrogens (primary N) is 1. The third-order valence-corrected chi connectivity index (χ3v) is 4.21. The van der Waals surface area contributed by atoms with Crippen molar-refractivity contribution < 1.29 is 9.18 Å². The van der Waals surface area contributed by atoms with Crippen LogP contribution in [0.2, 0.25) is 0 Å². The van der Waals surface area contributed by atoms with Gasteiger partial charge in [-0.05, 0) is 70.1 Å². The van der Waals surface area contributed by atoms with Crippen molar-refractivity contribution in [2.45, 2.75) is 25.8 Å². The second-order valence-corrected chi connectivity index (χ2v) is 5.88. The molecule has 21 heavy (non-hydrogen) atoms. The molecule has 1 aromatic carbocycles. The zero-order valence-electron chi connectivity index (χ0n) is 12.6. The molecule has 1 heterocycles. The first-order valence-corrected chi connectivity index (χ1v) is 7.53. The van der Waals surface area contributed by atoms with Gasteiger partial charge in [-0.1, -0.05) is 0 Å². The molecule has 0 aromatic heterocycles. The summed E-state index contributed by atoms with van der Waals surface area (Å²) in [4.78, 5) is 13.5. The number of nitrogens with zero attached hydrogens (tertiary/aromatic N) is 1. The maximum Gasteiger partial charge on any atom is 0.248 e. The van der Waals surface area contributed by atoms with Gasteiger partial charge >= 0.3 is 0 Å². The Morgan fingerprint density at radius 3 is 2.81 bits per heavy atom. The molecule has 0 spiro atoms. The highest BCUT2D eigenvalue weighted by Crippen LogP contribution is 2.18. The number of nitrogens with one attached hydrogen (secondary N) is 1. The molecular formula is C16H24FN3O. The smallest absolute Gasteiger partial charge is 0.248 e. The Morgan fingerprint density at radius 2 is 2.14 bits per heavy atom. The first kappa shape index (κ1) is 15.9. The topological polar surface area (TPSA) is 58.4 Å². The van der Waals surface area contributed by atoms with Gasteiger partial charge < -0.3 is 16.0 Å². The summed E-state index contributed by atoms with van der Waals surface area (Å²) < 4.78 is 13.7. The number of carbonyl (C=O) groups excluding carboxylic acids is 1. The minimum atomic E-state index is -0.525. The zero-order valence-corrected chi connectivity index (χ0v) is 12.6. The van der Waals surface area contributed by atoms with Gasteiger partial charge in [-0.25, -0.2) is 4.39 Å². The lowest BCUT2D eigenvalue weighted by Crippen LogP contribution is -2.31. The molecule has 0 radical (unpaired) electrons. The summed E-state index contributed by atoms with van der Waals surface area (Å²) in [7, 11) is 2.16. The number of amides is 1. The van der Waals surface area contributed by atoms with Crippen molar-refractivity contribution in [3.05, 3.63) is 35.1 Å². The van der Waals surface area contributed by atoms with Crippen molar-refractivity contribution in [3.63, 3.8) is 0 Å². The lowest BCUT2D eigenvalue weighted by atomic mass is 9.94. The van der Waals surface area contributed by atoms with Crippen LogP contribution in [-0.4, -0.2) is 37.5 Å². The Labute approximate surface area is 125 Å².